The third-order valence-electron chi connectivity index (χ3n) is 5.25. The topological polar surface area (TPSA) is 73.9 Å². The molecule has 0 radical (unpaired) electrons. The maximum atomic E-state index is 12.8. The van der Waals surface area contributed by atoms with E-state index in [0.717, 1.165) is 18.8 Å². The van der Waals surface area contributed by atoms with Crippen LogP contribution in [0.2, 0.25) is 0 Å². The fourth-order valence-corrected chi connectivity index (χ4v) is 3.49. The SMILES string of the molecule is COc1cccc(NC(=O)C(NC(=O)N2CCN(c3ccccc3)CC2)C(C)C)c1. The number of benzene rings is 2. The number of amides is 3. The molecular formula is C23H30N4O3. The number of para-hydroxylation sites is 1. The number of piperazine rings is 1. The van der Waals surface area contributed by atoms with Gasteiger partial charge in [0.2, 0.25) is 5.91 Å². The van der Waals surface area contributed by atoms with Crippen LogP contribution in [0.5, 0.6) is 5.75 Å². The van der Waals surface area contributed by atoms with E-state index in [0.29, 0.717) is 24.5 Å². The van der Waals surface area contributed by atoms with Crippen LogP contribution in [0.15, 0.2) is 54.6 Å². The highest BCUT2D eigenvalue weighted by atomic mass is 16.5. The summed E-state index contributed by atoms with van der Waals surface area (Å²) in [6.45, 7) is 6.60. The number of anilines is 2. The van der Waals surface area contributed by atoms with Crippen LogP contribution in [-0.2, 0) is 4.79 Å². The van der Waals surface area contributed by atoms with Crippen molar-refractivity contribution in [3.05, 3.63) is 54.6 Å². The number of methoxy groups -OCH3 is 1. The van der Waals surface area contributed by atoms with Gasteiger partial charge in [-0.1, -0.05) is 38.1 Å². The van der Waals surface area contributed by atoms with Gasteiger partial charge in [-0.2, -0.15) is 0 Å². The highest BCUT2D eigenvalue weighted by Crippen LogP contribution is 2.18. The summed E-state index contributed by atoms with van der Waals surface area (Å²) in [6, 6.07) is 16.5. The maximum absolute atomic E-state index is 12.8. The Bertz CT molecular complexity index is 849. The maximum Gasteiger partial charge on any atom is 0.318 e. The molecule has 2 aromatic carbocycles. The van der Waals surface area contributed by atoms with E-state index >= 15 is 0 Å². The molecule has 2 N–H and O–H groups in total. The smallest absolute Gasteiger partial charge is 0.318 e. The Hall–Kier alpha value is -3.22. The van der Waals surface area contributed by atoms with Crippen molar-refractivity contribution in [2.75, 3.05) is 43.5 Å². The first kappa shape index (κ1) is 21.5. The number of carbonyl (C=O) groups excluding carboxylic acids is 2. The molecule has 7 heteroatoms. The van der Waals surface area contributed by atoms with E-state index in [1.165, 1.54) is 0 Å². The number of hydrogen-bond acceptors (Lipinski definition) is 4. The number of hydrogen-bond donors (Lipinski definition) is 2. The van der Waals surface area contributed by atoms with Crippen LogP contribution < -0.4 is 20.3 Å². The molecule has 1 unspecified atom stereocenters. The lowest BCUT2D eigenvalue weighted by atomic mass is 10.0. The summed E-state index contributed by atoms with van der Waals surface area (Å²) in [4.78, 5) is 29.7. The van der Waals surface area contributed by atoms with Crippen LogP contribution in [0.3, 0.4) is 0 Å². The summed E-state index contributed by atoms with van der Waals surface area (Å²) < 4.78 is 5.20. The molecule has 0 bridgehead atoms. The normalized spacial score (nSPS) is 14.9. The summed E-state index contributed by atoms with van der Waals surface area (Å²) in [5, 5.41) is 5.79. The molecule has 1 heterocycles. The zero-order valence-electron chi connectivity index (χ0n) is 17.8. The molecule has 0 aromatic heterocycles. The molecule has 3 amide bonds. The number of carbonyl (C=O) groups is 2. The monoisotopic (exact) mass is 410 g/mol. The molecule has 1 fully saturated rings. The van der Waals surface area contributed by atoms with E-state index in [4.69, 9.17) is 4.74 Å². The van der Waals surface area contributed by atoms with Gasteiger partial charge in [-0.05, 0) is 30.2 Å². The number of ether oxygens (including phenoxy) is 1. The highest BCUT2D eigenvalue weighted by Gasteiger charge is 2.28. The first-order valence-corrected chi connectivity index (χ1v) is 10.3. The van der Waals surface area contributed by atoms with Crippen LogP contribution in [0.4, 0.5) is 16.2 Å². The largest absolute Gasteiger partial charge is 0.497 e. The fourth-order valence-electron chi connectivity index (χ4n) is 3.49. The van der Waals surface area contributed by atoms with Gasteiger partial charge >= 0.3 is 6.03 Å². The van der Waals surface area contributed by atoms with Gasteiger partial charge < -0.3 is 25.2 Å². The van der Waals surface area contributed by atoms with Crippen molar-refractivity contribution in [3.63, 3.8) is 0 Å². The zero-order chi connectivity index (χ0) is 21.5. The van der Waals surface area contributed by atoms with E-state index in [-0.39, 0.29) is 17.9 Å². The molecule has 1 aliphatic heterocycles. The van der Waals surface area contributed by atoms with Gasteiger partial charge in [0, 0.05) is 43.6 Å². The minimum atomic E-state index is -0.629. The van der Waals surface area contributed by atoms with Crippen molar-refractivity contribution in [1.29, 1.82) is 0 Å². The summed E-state index contributed by atoms with van der Waals surface area (Å²) in [7, 11) is 1.58. The van der Waals surface area contributed by atoms with Crippen LogP contribution in [-0.4, -0.2) is 56.2 Å². The molecule has 1 atom stereocenters. The van der Waals surface area contributed by atoms with Crippen molar-refractivity contribution in [1.82, 2.24) is 10.2 Å². The van der Waals surface area contributed by atoms with Crippen molar-refractivity contribution in [2.24, 2.45) is 5.92 Å². The van der Waals surface area contributed by atoms with Crippen LogP contribution in [0.25, 0.3) is 0 Å². The molecule has 1 aliphatic rings. The molecule has 3 rings (SSSR count). The first-order chi connectivity index (χ1) is 14.5. The Morgan fingerprint density at radius 3 is 2.30 bits per heavy atom. The van der Waals surface area contributed by atoms with E-state index < -0.39 is 6.04 Å². The lowest BCUT2D eigenvalue weighted by Gasteiger charge is -2.37. The zero-order valence-corrected chi connectivity index (χ0v) is 17.8. The van der Waals surface area contributed by atoms with Gasteiger partial charge in [-0.15, -0.1) is 0 Å². The van der Waals surface area contributed by atoms with Gasteiger partial charge in [0.05, 0.1) is 7.11 Å². The molecule has 0 spiro atoms. The molecule has 1 saturated heterocycles. The van der Waals surface area contributed by atoms with E-state index in [2.05, 4.69) is 27.7 Å². The minimum Gasteiger partial charge on any atom is -0.497 e. The second-order valence-electron chi connectivity index (χ2n) is 7.70. The number of nitrogens with zero attached hydrogens (tertiary/aromatic N) is 2. The number of nitrogens with one attached hydrogen (secondary N) is 2. The van der Waals surface area contributed by atoms with Gasteiger partial charge in [-0.3, -0.25) is 4.79 Å². The Morgan fingerprint density at radius 1 is 0.967 bits per heavy atom. The fraction of sp³-hybridized carbons (Fsp3) is 0.391. The van der Waals surface area contributed by atoms with E-state index in [1.807, 2.05) is 44.2 Å². The molecule has 7 nitrogen and oxygen atoms in total. The molecule has 2 aromatic rings. The first-order valence-electron chi connectivity index (χ1n) is 10.3. The third-order valence-corrected chi connectivity index (χ3v) is 5.25. The quantitative estimate of drug-likeness (QED) is 0.767. The van der Waals surface area contributed by atoms with Crippen molar-refractivity contribution >= 4 is 23.3 Å². The van der Waals surface area contributed by atoms with Crippen molar-refractivity contribution in [2.45, 2.75) is 19.9 Å². The molecular weight excluding hydrogens is 380 g/mol. The summed E-state index contributed by atoms with van der Waals surface area (Å²) in [5.74, 6) is 0.369. The Morgan fingerprint density at radius 2 is 1.67 bits per heavy atom. The number of urea groups is 1. The molecule has 160 valence electrons. The van der Waals surface area contributed by atoms with Gasteiger partial charge in [0.15, 0.2) is 0 Å². The molecule has 0 aliphatic carbocycles. The van der Waals surface area contributed by atoms with Crippen LogP contribution in [0, 0.1) is 5.92 Å². The van der Waals surface area contributed by atoms with Gasteiger partial charge in [0.1, 0.15) is 11.8 Å². The van der Waals surface area contributed by atoms with Crippen LogP contribution in [0.1, 0.15) is 13.8 Å². The lowest BCUT2D eigenvalue weighted by Crippen LogP contribution is -2.56. The van der Waals surface area contributed by atoms with E-state index in [9.17, 15) is 9.59 Å². The second-order valence-corrected chi connectivity index (χ2v) is 7.70. The molecule has 30 heavy (non-hydrogen) atoms. The number of rotatable bonds is 6. The highest BCUT2D eigenvalue weighted by molar-refractivity contribution is 5.97. The summed E-state index contributed by atoms with van der Waals surface area (Å²) >= 11 is 0. The minimum absolute atomic E-state index is 0.0508. The Labute approximate surface area is 178 Å². The standard InChI is InChI=1S/C23H30N4O3/c1-17(2)21(22(28)24-18-8-7-11-20(16-18)30-3)25-23(29)27-14-12-26(13-15-27)19-9-5-4-6-10-19/h4-11,16-17,21H,12-15H2,1-3H3,(H,24,28)(H,25,29). The van der Waals surface area contributed by atoms with Crippen LogP contribution >= 0.6 is 0 Å². The Balaban J connectivity index is 1.57. The van der Waals surface area contributed by atoms with Gasteiger partial charge in [-0.25, -0.2) is 4.79 Å². The average Bonchev–Trinajstić information content (AvgIpc) is 2.77. The second kappa shape index (κ2) is 10.0. The van der Waals surface area contributed by atoms with Crippen molar-refractivity contribution < 1.29 is 14.3 Å². The summed E-state index contributed by atoms with van der Waals surface area (Å²) in [5.41, 5.74) is 1.80. The molecule has 0 saturated carbocycles. The van der Waals surface area contributed by atoms with E-state index in [1.54, 1.807) is 24.1 Å². The lowest BCUT2D eigenvalue weighted by molar-refractivity contribution is -0.118. The van der Waals surface area contributed by atoms with Crippen molar-refractivity contribution in [3.8, 4) is 5.75 Å². The summed E-state index contributed by atoms with van der Waals surface area (Å²) in [6.07, 6.45) is 0. The van der Waals surface area contributed by atoms with Gasteiger partial charge in [0.25, 0.3) is 0 Å². The predicted molar refractivity (Wildman–Crippen MR) is 119 cm³/mol. The average molecular weight is 411 g/mol. The Kier molecular flexibility index (Phi) is 7.17. The third kappa shape index (κ3) is 5.43. The predicted octanol–water partition coefficient (Wildman–Crippen LogP) is 3.19.